The fourth-order valence-corrected chi connectivity index (χ4v) is 10.5. The van der Waals surface area contributed by atoms with Crippen molar-refractivity contribution in [2.45, 2.75) is 27.1 Å². The Bertz CT molecular complexity index is 2550. The summed E-state index contributed by atoms with van der Waals surface area (Å²) in [5.41, 5.74) is 8.45. The number of nitrogens with zero attached hydrogens (tertiary/aromatic N) is 3. The van der Waals surface area contributed by atoms with Gasteiger partial charge in [0.25, 0.3) is 0 Å². The summed E-state index contributed by atoms with van der Waals surface area (Å²) < 4.78 is 56.1. The number of ether oxygens (including phenoxy) is 9. The molecule has 12 nitrogen and oxygen atoms in total. The van der Waals surface area contributed by atoms with Crippen LogP contribution in [0.1, 0.15) is 37.6 Å². The van der Waals surface area contributed by atoms with Crippen LogP contribution in [0.3, 0.4) is 0 Å². The fraction of sp³-hybridized carbons (Fsp3) is 0.390. The monoisotopic (exact) mass is 1030 g/mol. The Hall–Kier alpha value is -5.68. The van der Waals surface area contributed by atoms with Gasteiger partial charge in [-0.2, -0.15) is 0 Å². The molecule has 3 aliphatic heterocycles. The predicted molar refractivity (Wildman–Crippen MR) is 299 cm³/mol. The van der Waals surface area contributed by atoms with E-state index in [9.17, 15) is 0 Å². The zero-order chi connectivity index (χ0) is 50.5. The molecular weight excluding hydrogens is 959 g/mol. The van der Waals surface area contributed by atoms with Gasteiger partial charge in [-0.1, -0.05) is 61.2 Å². The second-order valence-electron chi connectivity index (χ2n) is 17.9. The quantitative estimate of drug-likeness (QED) is 0.0815. The molecule has 3 aliphatic rings. The topological polar surface area (TPSA) is 92.8 Å². The third kappa shape index (κ3) is 16.4. The second-order valence-corrected chi connectivity index (χ2v) is 20.1. The van der Waals surface area contributed by atoms with Crippen molar-refractivity contribution in [1.82, 2.24) is 0 Å². The maximum absolute atomic E-state index is 6.78. The Kier molecular flexibility index (Phi) is 21.1. The highest BCUT2D eigenvalue weighted by molar-refractivity contribution is 7.22. The second kappa shape index (κ2) is 28.7. The maximum atomic E-state index is 6.78. The van der Waals surface area contributed by atoms with Crippen molar-refractivity contribution >= 4 is 58.0 Å². The Morgan fingerprint density at radius 1 is 0.521 bits per heavy atom. The van der Waals surface area contributed by atoms with E-state index in [-0.39, 0.29) is 0 Å². The van der Waals surface area contributed by atoms with Gasteiger partial charge in [0.2, 0.25) is 0 Å². The SMILES string of the molecule is C=Cc1ccc(COCc2ccc(-c3ccc(C=Cc4ccc(N5CCOc6cc(C)ccc6N6CCOCCOCCN(CCOCCOCC6)c6ccc(C)cc6OCC5)c(OCCOC)c4)s3)s2)cc1. The molecule has 0 saturated carbocycles. The molecule has 1 saturated heterocycles. The van der Waals surface area contributed by atoms with Gasteiger partial charge in [0.1, 0.15) is 37.1 Å². The lowest BCUT2D eigenvalue weighted by atomic mass is 10.1. The van der Waals surface area contributed by atoms with Crippen LogP contribution < -0.4 is 28.9 Å². The molecule has 0 aliphatic carbocycles. The van der Waals surface area contributed by atoms with Gasteiger partial charge >= 0.3 is 0 Å². The van der Waals surface area contributed by atoms with E-state index < -0.39 is 0 Å². The van der Waals surface area contributed by atoms with Crippen molar-refractivity contribution in [3.05, 3.63) is 147 Å². The minimum Gasteiger partial charge on any atom is -0.490 e. The summed E-state index contributed by atoms with van der Waals surface area (Å²) >= 11 is 3.55. The molecule has 0 spiro atoms. The molecule has 5 heterocycles. The third-order valence-corrected chi connectivity index (χ3v) is 14.8. The van der Waals surface area contributed by atoms with E-state index in [4.69, 9.17) is 42.6 Å². The first-order valence-electron chi connectivity index (χ1n) is 25.4. The minimum absolute atomic E-state index is 0.397. The summed E-state index contributed by atoms with van der Waals surface area (Å²) in [6.45, 7) is 18.8. The average Bonchev–Trinajstić information content (AvgIpc) is 4.08. The first-order valence-corrected chi connectivity index (χ1v) is 27.0. The molecule has 6 aromatic rings. The number of anilines is 3. The fourth-order valence-electron chi connectivity index (χ4n) is 8.54. The molecule has 388 valence electrons. The van der Waals surface area contributed by atoms with Crippen LogP contribution in [-0.4, -0.2) is 126 Å². The maximum Gasteiger partial charge on any atom is 0.143 e. The highest BCUT2D eigenvalue weighted by Gasteiger charge is 2.20. The van der Waals surface area contributed by atoms with E-state index in [2.05, 4.69) is 150 Å². The van der Waals surface area contributed by atoms with Gasteiger partial charge in [-0.05, 0) is 108 Å². The van der Waals surface area contributed by atoms with Crippen LogP contribution in [0.15, 0.2) is 110 Å². The number of hydrogen-bond donors (Lipinski definition) is 0. The van der Waals surface area contributed by atoms with Crippen LogP contribution in [0, 0.1) is 13.8 Å². The lowest BCUT2D eigenvalue weighted by molar-refractivity contribution is 0.0435. The van der Waals surface area contributed by atoms with Crippen LogP contribution in [0.5, 0.6) is 17.2 Å². The highest BCUT2D eigenvalue weighted by atomic mass is 32.1. The van der Waals surface area contributed by atoms with Crippen LogP contribution in [0.2, 0.25) is 0 Å². The van der Waals surface area contributed by atoms with Gasteiger partial charge in [-0.15, -0.1) is 22.7 Å². The molecule has 14 heteroatoms. The van der Waals surface area contributed by atoms with E-state index in [0.717, 1.165) is 67.0 Å². The van der Waals surface area contributed by atoms with Crippen molar-refractivity contribution < 1.29 is 42.6 Å². The minimum atomic E-state index is 0.397. The molecular formula is C59H71N3O9S2. The average molecular weight is 1030 g/mol. The number of thiophene rings is 2. The Morgan fingerprint density at radius 2 is 1.05 bits per heavy atom. The van der Waals surface area contributed by atoms with E-state index in [1.165, 1.54) is 14.6 Å². The van der Waals surface area contributed by atoms with Gasteiger partial charge in [0.05, 0.1) is 103 Å². The summed E-state index contributed by atoms with van der Waals surface area (Å²) in [6.07, 6.45) is 6.18. The van der Waals surface area contributed by atoms with Crippen molar-refractivity contribution in [3.8, 4) is 27.0 Å². The predicted octanol–water partition coefficient (Wildman–Crippen LogP) is 11.3. The van der Waals surface area contributed by atoms with E-state index in [0.29, 0.717) is 132 Å². The van der Waals surface area contributed by atoms with Crippen LogP contribution in [0.4, 0.5) is 17.1 Å². The molecule has 0 atom stereocenters. The van der Waals surface area contributed by atoms with Crippen molar-refractivity contribution in [1.29, 1.82) is 0 Å². The first-order chi connectivity index (χ1) is 35.9. The zero-order valence-electron chi connectivity index (χ0n) is 42.7. The first kappa shape index (κ1) is 53.6. The van der Waals surface area contributed by atoms with Gasteiger partial charge in [0, 0.05) is 52.8 Å². The van der Waals surface area contributed by atoms with Gasteiger partial charge in [-0.25, -0.2) is 0 Å². The Morgan fingerprint density at radius 3 is 1.64 bits per heavy atom. The Labute approximate surface area is 440 Å². The summed E-state index contributed by atoms with van der Waals surface area (Å²) in [4.78, 5) is 11.7. The van der Waals surface area contributed by atoms with Gasteiger partial charge in [-0.3, -0.25) is 0 Å². The summed E-state index contributed by atoms with van der Waals surface area (Å²) in [6, 6.07) is 36.2. The molecule has 4 aromatic carbocycles. The van der Waals surface area contributed by atoms with Gasteiger partial charge < -0.3 is 57.3 Å². The normalized spacial score (nSPS) is 16.1. The van der Waals surface area contributed by atoms with Gasteiger partial charge in [0.15, 0.2) is 0 Å². The number of benzene rings is 4. The smallest absolute Gasteiger partial charge is 0.143 e. The summed E-state index contributed by atoms with van der Waals surface area (Å²) in [5.74, 6) is 2.38. The Balaban J connectivity index is 1.03. The number of fused-ring (bicyclic) bond motifs is 20. The standard InChI is InChI=1S/C59H71N3O9S2/c1-5-47-8-10-49(11-9-47)43-68-44-51-16-21-59(73-51)58-20-15-50(72-58)14-12-48-13-19-54(57(42-48)71-39-34-63-4)62-26-32-69-55-40-45(2)6-17-52(55)60-22-28-64-35-37-66-30-24-61(25-31-67-38-36-65-29-23-60)53-18-7-46(3)41-56(53)70-33-27-62/h5-21,40-42H,1,22-39,43-44H2,2-4H3. The lowest BCUT2D eigenvalue weighted by Crippen LogP contribution is -2.34. The number of aryl methyl sites for hydroxylation is 2. The number of rotatable bonds is 13. The molecule has 1 fully saturated rings. The van der Waals surface area contributed by atoms with E-state index in [1.807, 2.05) is 6.08 Å². The highest BCUT2D eigenvalue weighted by Crippen LogP contribution is 2.37. The number of hydrogen-bond acceptors (Lipinski definition) is 14. The van der Waals surface area contributed by atoms with E-state index >= 15 is 0 Å². The molecule has 9 rings (SSSR count). The number of methoxy groups -OCH3 is 1. The van der Waals surface area contributed by atoms with Crippen molar-refractivity contribution in [3.63, 3.8) is 0 Å². The molecule has 0 N–H and O–H groups in total. The summed E-state index contributed by atoms with van der Waals surface area (Å²) in [7, 11) is 1.69. The third-order valence-electron chi connectivity index (χ3n) is 12.5. The lowest BCUT2D eigenvalue weighted by Gasteiger charge is -2.30. The van der Waals surface area contributed by atoms with Crippen LogP contribution in [-0.2, 0) is 41.6 Å². The summed E-state index contributed by atoms with van der Waals surface area (Å²) in [5, 5.41) is 0. The molecule has 0 unspecified atom stereocenters. The molecule has 2 aromatic heterocycles. The zero-order valence-corrected chi connectivity index (χ0v) is 44.4. The van der Waals surface area contributed by atoms with Crippen LogP contribution >= 0.6 is 22.7 Å². The molecule has 73 heavy (non-hydrogen) atoms. The molecule has 2 bridgehead atoms. The van der Waals surface area contributed by atoms with Crippen LogP contribution in [0.25, 0.3) is 28.0 Å². The van der Waals surface area contributed by atoms with Crippen molar-refractivity contribution in [2.24, 2.45) is 0 Å². The largest absolute Gasteiger partial charge is 0.490 e. The molecule has 0 radical (unpaired) electrons. The molecule has 0 amide bonds. The van der Waals surface area contributed by atoms with Crippen molar-refractivity contribution in [2.75, 3.05) is 140 Å². The van der Waals surface area contributed by atoms with E-state index in [1.54, 1.807) is 29.8 Å².